The molecule has 6 heteroatoms. The number of nitrogens with one attached hydrogen (secondary N) is 2. The second kappa shape index (κ2) is 6.93. The van der Waals surface area contributed by atoms with Gasteiger partial charge in [0.15, 0.2) is 11.5 Å². The molecule has 0 unspecified atom stereocenters. The Balaban J connectivity index is 1.43. The summed E-state index contributed by atoms with van der Waals surface area (Å²) in [6, 6.07) is 12.8. The van der Waals surface area contributed by atoms with Crippen molar-refractivity contribution in [3.8, 4) is 17.2 Å². The Morgan fingerprint density at radius 1 is 1.08 bits per heavy atom. The third-order valence-electron chi connectivity index (χ3n) is 3.59. The van der Waals surface area contributed by atoms with Crippen molar-refractivity contribution in [2.75, 3.05) is 18.5 Å². The second-order valence-corrected chi connectivity index (χ2v) is 6.31. The first-order valence-corrected chi connectivity index (χ1v) is 8.18. The van der Waals surface area contributed by atoms with Crippen LogP contribution in [0.4, 0.5) is 10.5 Å². The van der Waals surface area contributed by atoms with E-state index in [1.807, 2.05) is 45.0 Å². The van der Waals surface area contributed by atoms with Crippen LogP contribution in [0.3, 0.4) is 0 Å². The number of benzene rings is 2. The zero-order valence-electron chi connectivity index (χ0n) is 14.6. The first-order valence-electron chi connectivity index (χ1n) is 8.18. The zero-order valence-corrected chi connectivity index (χ0v) is 14.6. The van der Waals surface area contributed by atoms with Crippen LogP contribution >= 0.6 is 0 Å². The number of ether oxygens (including phenoxy) is 3. The van der Waals surface area contributed by atoms with Crippen molar-refractivity contribution in [1.82, 2.24) is 5.32 Å². The number of urea groups is 1. The van der Waals surface area contributed by atoms with Gasteiger partial charge in [0.1, 0.15) is 12.4 Å². The van der Waals surface area contributed by atoms with Crippen LogP contribution in [0.1, 0.15) is 19.4 Å². The Bertz CT molecular complexity index is 757. The summed E-state index contributed by atoms with van der Waals surface area (Å²) >= 11 is 0. The summed E-state index contributed by atoms with van der Waals surface area (Å²) in [6.07, 6.45) is 0. The number of hydrogen-bond donors (Lipinski definition) is 2. The molecule has 25 heavy (non-hydrogen) atoms. The van der Waals surface area contributed by atoms with Gasteiger partial charge in [-0.05, 0) is 31.2 Å². The number of carbonyl (C=O) groups excluding carboxylic acids is 1. The van der Waals surface area contributed by atoms with Crippen molar-refractivity contribution in [2.45, 2.75) is 26.6 Å². The number of carbonyl (C=O) groups is 1. The highest BCUT2D eigenvalue weighted by Crippen LogP contribution is 2.40. The van der Waals surface area contributed by atoms with Gasteiger partial charge in [-0.2, -0.15) is 0 Å². The molecule has 6 nitrogen and oxygen atoms in total. The van der Waals surface area contributed by atoms with Crippen molar-refractivity contribution in [3.05, 3.63) is 48.0 Å². The van der Waals surface area contributed by atoms with Gasteiger partial charge < -0.3 is 24.8 Å². The van der Waals surface area contributed by atoms with E-state index in [1.54, 1.807) is 18.2 Å². The van der Waals surface area contributed by atoms with Crippen molar-refractivity contribution in [1.29, 1.82) is 0 Å². The zero-order chi connectivity index (χ0) is 17.9. The van der Waals surface area contributed by atoms with Gasteiger partial charge in [0.05, 0.1) is 6.54 Å². The van der Waals surface area contributed by atoms with Crippen LogP contribution in [0.15, 0.2) is 42.5 Å². The Labute approximate surface area is 147 Å². The van der Waals surface area contributed by atoms with Crippen molar-refractivity contribution < 1.29 is 19.0 Å². The maximum Gasteiger partial charge on any atom is 0.319 e. The smallest absolute Gasteiger partial charge is 0.319 e. The molecule has 132 valence electrons. The predicted molar refractivity (Wildman–Crippen MR) is 95.5 cm³/mol. The molecule has 0 spiro atoms. The van der Waals surface area contributed by atoms with Crippen molar-refractivity contribution in [2.24, 2.45) is 0 Å². The molecule has 1 heterocycles. The fourth-order valence-electron chi connectivity index (χ4n) is 2.44. The molecule has 0 aromatic heterocycles. The van der Waals surface area contributed by atoms with Crippen LogP contribution < -0.4 is 24.8 Å². The van der Waals surface area contributed by atoms with E-state index in [2.05, 4.69) is 10.6 Å². The Hall–Kier alpha value is -2.89. The predicted octanol–water partition coefficient (Wildman–Crippen LogP) is 3.70. The molecule has 0 radical (unpaired) electrons. The lowest BCUT2D eigenvalue weighted by atomic mass is 10.2. The minimum absolute atomic E-state index is 0.300. The average Bonchev–Trinajstić information content (AvgIpc) is 2.86. The van der Waals surface area contributed by atoms with Gasteiger partial charge in [0, 0.05) is 25.6 Å². The SMILES string of the molecule is Cc1ccc(OCCNC(=O)Nc2ccc3c(c2)OC(C)(C)O3)cc1. The van der Waals surface area contributed by atoms with Gasteiger partial charge in [-0.15, -0.1) is 0 Å². The monoisotopic (exact) mass is 342 g/mol. The van der Waals surface area contributed by atoms with Gasteiger partial charge in [0.2, 0.25) is 5.79 Å². The van der Waals surface area contributed by atoms with E-state index >= 15 is 0 Å². The average molecular weight is 342 g/mol. The van der Waals surface area contributed by atoms with E-state index in [-0.39, 0.29) is 6.03 Å². The Morgan fingerprint density at radius 2 is 1.80 bits per heavy atom. The minimum Gasteiger partial charge on any atom is -0.492 e. The quantitative estimate of drug-likeness (QED) is 0.813. The van der Waals surface area contributed by atoms with E-state index in [0.29, 0.717) is 30.3 Å². The topological polar surface area (TPSA) is 68.8 Å². The Morgan fingerprint density at radius 3 is 2.56 bits per heavy atom. The van der Waals surface area contributed by atoms with Gasteiger partial charge in [-0.1, -0.05) is 17.7 Å². The van der Waals surface area contributed by atoms with E-state index in [1.165, 1.54) is 5.56 Å². The van der Waals surface area contributed by atoms with Crippen LogP contribution in [0.5, 0.6) is 17.2 Å². The highest BCUT2D eigenvalue weighted by atomic mass is 16.7. The van der Waals surface area contributed by atoms with E-state index in [4.69, 9.17) is 14.2 Å². The van der Waals surface area contributed by atoms with Gasteiger partial charge >= 0.3 is 6.03 Å². The lowest BCUT2D eigenvalue weighted by Gasteiger charge is -2.16. The highest BCUT2D eigenvalue weighted by molar-refractivity contribution is 5.89. The highest BCUT2D eigenvalue weighted by Gasteiger charge is 2.31. The number of rotatable bonds is 5. The number of aryl methyl sites for hydroxylation is 1. The van der Waals surface area contributed by atoms with Crippen LogP contribution in [0.2, 0.25) is 0 Å². The third-order valence-corrected chi connectivity index (χ3v) is 3.59. The third kappa shape index (κ3) is 4.56. The van der Waals surface area contributed by atoms with E-state index in [9.17, 15) is 4.79 Å². The van der Waals surface area contributed by atoms with Crippen LogP contribution in [-0.4, -0.2) is 25.0 Å². The molecule has 2 aromatic rings. The second-order valence-electron chi connectivity index (χ2n) is 6.31. The van der Waals surface area contributed by atoms with Gasteiger partial charge in [-0.25, -0.2) is 4.79 Å². The molecule has 0 aliphatic carbocycles. The summed E-state index contributed by atoms with van der Waals surface area (Å²) in [5.74, 6) is 1.38. The van der Waals surface area contributed by atoms with Gasteiger partial charge in [0.25, 0.3) is 0 Å². The first kappa shape index (κ1) is 17.0. The summed E-state index contributed by atoms with van der Waals surface area (Å²) in [6.45, 7) is 6.48. The molecule has 0 saturated heterocycles. The van der Waals surface area contributed by atoms with E-state index < -0.39 is 5.79 Å². The number of fused-ring (bicyclic) bond motifs is 1. The van der Waals surface area contributed by atoms with Crippen molar-refractivity contribution in [3.63, 3.8) is 0 Å². The summed E-state index contributed by atoms with van der Waals surface area (Å²) in [5, 5.41) is 5.51. The lowest BCUT2D eigenvalue weighted by molar-refractivity contribution is -0.0431. The molecule has 0 fully saturated rings. The Kier molecular flexibility index (Phi) is 4.70. The molecule has 2 N–H and O–H groups in total. The molecule has 0 saturated carbocycles. The molecule has 0 bridgehead atoms. The van der Waals surface area contributed by atoms with Crippen molar-refractivity contribution >= 4 is 11.7 Å². The molecule has 0 atom stereocenters. The van der Waals surface area contributed by atoms with Gasteiger partial charge in [-0.3, -0.25) is 0 Å². The minimum atomic E-state index is -0.684. The standard InChI is InChI=1S/C19H22N2O4/c1-13-4-7-15(8-5-13)23-11-10-20-18(22)21-14-6-9-16-17(12-14)25-19(2,3)24-16/h4-9,12H,10-11H2,1-3H3,(H2,20,21,22). The van der Waals surface area contributed by atoms with Crippen LogP contribution in [-0.2, 0) is 0 Å². The maximum atomic E-state index is 11.9. The molecule has 1 aliphatic heterocycles. The van der Waals surface area contributed by atoms with Crippen LogP contribution in [0.25, 0.3) is 0 Å². The summed E-state index contributed by atoms with van der Waals surface area (Å²) in [7, 11) is 0. The summed E-state index contributed by atoms with van der Waals surface area (Å²) in [4.78, 5) is 11.9. The summed E-state index contributed by atoms with van der Waals surface area (Å²) in [5.41, 5.74) is 1.81. The normalized spacial score (nSPS) is 14.0. The first-order chi connectivity index (χ1) is 11.9. The lowest BCUT2D eigenvalue weighted by Crippen LogP contribution is -2.32. The molecular weight excluding hydrogens is 320 g/mol. The molecule has 3 rings (SSSR count). The van der Waals surface area contributed by atoms with Crippen LogP contribution in [0, 0.1) is 6.92 Å². The number of anilines is 1. The largest absolute Gasteiger partial charge is 0.492 e. The maximum absolute atomic E-state index is 11.9. The van der Waals surface area contributed by atoms with E-state index in [0.717, 1.165) is 5.75 Å². The molecular formula is C19H22N2O4. The molecule has 1 aliphatic rings. The molecule has 2 amide bonds. The summed E-state index contributed by atoms with van der Waals surface area (Å²) < 4.78 is 16.8. The molecule has 2 aromatic carbocycles. The number of amides is 2. The fourth-order valence-corrected chi connectivity index (χ4v) is 2.44. The number of hydrogen-bond acceptors (Lipinski definition) is 4. The fraction of sp³-hybridized carbons (Fsp3) is 0.316.